The molecule has 66 valence electrons. The van der Waals surface area contributed by atoms with Gasteiger partial charge in [0.2, 0.25) is 0 Å². The van der Waals surface area contributed by atoms with E-state index in [0.29, 0.717) is 6.61 Å². The van der Waals surface area contributed by atoms with E-state index in [1.165, 1.54) is 0 Å². The zero-order valence-corrected chi connectivity index (χ0v) is 8.14. The normalized spacial score (nSPS) is 39.0. The Kier molecular flexibility index (Phi) is 3.73. The molecule has 1 fully saturated rings. The molecule has 1 rings (SSSR count). The van der Waals surface area contributed by atoms with Crippen LogP contribution in [0.2, 0.25) is 0 Å². The maximum Gasteiger partial charge on any atom is 0.333 e. The van der Waals surface area contributed by atoms with Crippen LogP contribution < -0.4 is 0 Å². The van der Waals surface area contributed by atoms with Crippen LogP contribution in [0.3, 0.4) is 0 Å². The summed E-state index contributed by atoms with van der Waals surface area (Å²) in [4.78, 5) is 0. The Morgan fingerprint density at radius 2 is 1.91 bits per heavy atom. The molecule has 0 aliphatic carbocycles. The van der Waals surface area contributed by atoms with Gasteiger partial charge in [-0.3, -0.25) is 0 Å². The predicted octanol–water partition coefficient (Wildman–Crippen LogP) is 2.46. The van der Waals surface area contributed by atoms with Gasteiger partial charge in [0.05, 0.1) is 18.8 Å². The van der Waals surface area contributed by atoms with E-state index in [0.717, 1.165) is 6.42 Å². The first kappa shape index (κ1) is 9.40. The van der Waals surface area contributed by atoms with Gasteiger partial charge in [-0.25, -0.2) is 0 Å². The highest BCUT2D eigenvalue weighted by atomic mass is 31.2. The highest BCUT2D eigenvalue weighted by Crippen LogP contribution is 2.46. The van der Waals surface area contributed by atoms with Crippen molar-refractivity contribution in [3.05, 3.63) is 0 Å². The summed E-state index contributed by atoms with van der Waals surface area (Å²) < 4.78 is 16.1. The molecule has 1 saturated heterocycles. The van der Waals surface area contributed by atoms with Gasteiger partial charge in [-0.1, -0.05) is 0 Å². The molecule has 0 bridgehead atoms. The van der Waals surface area contributed by atoms with Crippen molar-refractivity contribution in [2.24, 2.45) is 0 Å². The van der Waals surface area contributed by atoms with Gasteiger partial charge in [0.1, 0.15) is 0 Å². The van der Waals surface area contributed by atoms with E-state index in [4.69, 9.17) is 13.6 Å². The van der Waals surface area contributed by atoms with Crippen molar-refractivity contribution in [2.75, 3.05) is 6.61 Å². The first-order valence-electron chi connectivity index (χ1n) is 3.99. The first-order chi connectivity index (χ1) is 5.22. The third-order valence-electron chi connectivity index (χ3n) is 1.43. The second kappa shape index (κ2) is 4.36. The predicted molar refractivity (Wildman–Crippen MR) is 44.3 cm³/mol. The summed E-state index contributed by atoms with van der Waals surface area (Å²) in [5, 5.41) is 0. The van der Waals surface area contributed by atoms with E-state index in [1.54, 1.807) is 0 Å². The van der Waals surface area contributed by atoms with E-state index in [1.807, 2.05) is 20.8 Å². The fourth-order valence-electron chi connectivity index (χ4n) is 1.04. The van der Waals surface area contributed by atoms with Gasteiger partial charge < -0.3 is 13.6 Å². The van der Waals surface area contributed by atoms with Crippen molar-refractivity contribution in [1.29, 1.82) is 0 Å². The quantitative estimate of drug-likeness (QED) is 0.608. The van der Waals surface area contributed by atoms with Gasteiger partial charge in [-0.2, -0.15) is 0 Å². The molecular formula is C7H15O3P. The van der Waals surface area contributed by atoms with E-state index in [9.17, 15) is 0 Å². The van der Waals surface area contributed by atoms with Crippen molar-refractivity contribution in [1.82, 2.24) is 0 Å². The van der Waals surface area contributed by atoms with Crippen molar-refractivity contribution < 1.29 is 13.6 Å². The van der Waals surface area contributed by atoms with Gasteiger partial charge >= 0.3 is 8.60 Å². The Morgan fingerprint density at radius 1 is 1.36 bits per heavy atom. The Morgan fingerprint density at radius 3 is 2.36 bits per heavy atom. The van der Waals surface area contributed by atoms with Crippen molar-refractivity contribution in [3.63, 3.8) is 0 Å². The molecule has 0 aromatic rings. The molecule has 1 heterocycles. The Balaban J connectivity index is 2.30. The molecule has 11 heavy (non-hydrogen) atoms. The van der Waals surface area contributed by atoms with Crippen molar-refractivity contribution >= 4 is 8.60 Å². The molecule has 0 N–H and O–H groups in total. The molecule has 3 nitrogen and oxygen atoms in total. The van der Waals surface area contributed by atoms with E-state index < -0.39 is 8.60 Å². The third kappa shape index (κ3) is 3.04. The van der Waals surface area contributed by atoms with Crippen LogP contribution in [-0.4, -0.2) is 18.8 Å². The summed E-state index contributed by atoms with van der Waals surface area (Å²) in [6.45, 7) is 6.70. The SMILES string of the molecule is CCOP1O[C@@H](C)C[C@H](C)O1. The summed E-state index contributed by atoms with van der Waals surface area (Å²) in [5.74, 6) is 0. The molecule has 0 unspecified atom stereocenters. The molecule has 4 heteroatoms. The lowest BCUT2D eigenvalue weighted by atomic mass is 10.2. The Bertz CT molecular complexity index is 110. The van der Waals surface area contributed by atoms with Crippen LogP contribution in [0.4, 0.5) is 0 Å². The molecule has 0 spiro atoms. The number of rotatable bonds is 2. The lowest BCUT2D eigenvalue weighted by molar-refractivity contribution is 0.0340. The van der Waals surface area contributed by atoms with E-state index in [-0.39, 0.29) is 12.2 Å². The van der Waals surface area contributed by atoms with Crippen LogP contribution in [0.1, 0.15) is 27.2 Å². The average Bonchev–Trinajstić information content (AvgIpc) is 1.85. The van der Waals surface area contributed by atoms with Crippen molar-refractivity contribution in [3.8, 4) is 0 Å². The first-order valence-corrected chi connectivity index (χ1v) is 5.08. The van der Waals surface area contributed by atoms with Crippen LogP contribution in [0, 0.1) is 0 Å². The van der Waals surface area contributed by atoms with Crippen LogP contribution in [0.5, 0.6) is 0 Å². The van der Waals surface area contributed by atoms with Gasteiger partial charge in [-0.15, -0.1) is 0 Å². The lowest BCUT2D eigenvalue weighted by Gasteiger charge is -2.29. The summed E-state index contributed by atoms with van der Waals surface area (Å²) >= 11 is 0. The molecule has 2 atom stereocenters. The van der Waals surface area contributed by atoms with Crippen LogP contribution in [0.15, 0.2) is 0 Å². The fourth-order valence-corrected chi connectivity index (χ4v) is 2.18. The topological polar surface area (TPSA) is 27.7 Å². The zero-order valence-electron chi connectivity index (χ0n) is 7.24. The Hall–Kier alpha value is 0.310. The molecular weight excluding hydrogens is 163 g/mol. The van der Waals surface area contributed by atoms with Crippen LogP contribution in [0.25, 0.3) is 0 Å². The fraction of sp³-hybridized carbons (Fsp3) is 1.00. The second-order valence-electron chi connectivity index (χ2n) is 2.71. The highest BCUT2D eigenvalue weighted by Gasteiger charge is 2.26. The van der Waals surface area contributed by atoms with Crippen molar-refractivity contribution in [2.45, 2.75) is 39.4 Å². The third-order valence-corrected chi connectivity index (χ3v) is 2.96. The smallest absolute Gasteiger partial charge is 0.313 e. The Labute approximate surface area is 69.0 Å². The van der Waals surface area contributed by atoms with Gasteiger partial charge in [-0.05, 0) is 20.8 Å². The monoisotopic (exact) mass is 178 g/mol. The second-order valence-corrected chi connectivity index (χ2v) is 3.84. The molecule has 1 aliphatic rings. The van der Waals surface area contributed by atoms with E-state index in [2.05, 4.69) is 0 Å². The maximum absolute atomic E-state index is 5.42. The molecule has 0 radical (unpaired) electrons. The van der Waals surface area contributed by atoms with Gasteiger partial charge in [0.15, 0.2) is 0 Å². The minimum absolute atomic E-state index is 0.274. The summed E-state index contributed by atoms with van der Waals surface area (Å²) in [5.41, 5.74) is 0. The summed E-state index contributed by atoms with van der Waals surface area (Å²) in [6, 6.07) is 0. The molecule has 1 aliphatic heterocycles. The van der Waals surface area contributed by atoms with Crippen LogP contribution in [-0.2, 0) is 13.6 Å². The maximum atomic E-state index is 5.42. The molecule has 0 amide bonds. The van der Waals surface area contributed by atoms with Crippen LogP contribution >= 0.6 is 8.60 Å². The van der Waals surface area contributed by atoms with Gasteiger partial charge in [0, 0.05) is 6.42 Å². The largest absolute Gasteiger partial charge is 0.333 e. The minimum atomic E-state index is -1.05. The highest BCUT2D eigenvalue weighted by molar-refractivity contribution is 7.41. The molecule has 0 aromatic heterocycles. The minimum Gasteiger partial charge on any atom is -0.313 e. The standard InChI is InChI=1S/C7H15O3P/c1-4-8-11-9-6(2)5-7(3)10-11/h6-7H,4-5H2,1-3H3/t6-,7-/m0/s1. The van der Waals surface area contributed by atoms with E-state index >= 15 is 0 Å². The molecule has 0 saturated carbocycles. The summed E-state index contributed by atoms with van der Waals surface area (Å²) in [7, 11) is -1.05. The number of hydrogen-bond donors (Lipinski definition) is 0. The van der Waals surface area contributed by atoms with Gasteiger partial charge in [0.25, 0.3) is 0 Å². The molecule has 0 aromatic carbocycles. The average molecular weight is 178 g/mol. The number of hydrogen-bond acceptors (Lipinski definition) is 3. The zero-order chi connectivity index (χ0) is 8.27. The lowest BCUT2D eigenvalue weighted by Crippen LogP contribution is -2.22. The summed E-state index contributed by atoms with van der Waals surface area (Å²) in [6.07, 6.45) is 1.51.